The zero-order chi connectivity index (χ0) is 15.6. The molecule has 2 aromatic rings. The summed E-state index contributed by atoms with van der Waals surface area (Å²) in [6.45, 7) is 2.43. The van der Waals surface area contributed by atoms with Gasteiger partial charge in [0.25, 0.3) is 10.0 Å². The Hall–Kier alpha value is -1.31. The van der Waals surface area contributed by atoms with Gasteiger partial charge in [-0.3, -0.25) is 0 Å². The molecule has 0 radical (unpaired) electrons. The van der Waals surface area contributed by atoms with Crippen LogP contribution < -0.4 is 5.32 Å². The first-order valence-electron chi connectivity index (χ1n) is 6.32. The Bertz CT molecular complexity index is 738. The van der Waals surface area contributed by atoms with Crippen LogP contribution in [-0.4, -0.2) is 26.8 Å². The van der Waals surface area contributed by atoms with E-state index in [-0.39, 0.29) is 5.09 Å². The number of rotatable bonds is 5. The largest absolute Gasteiger partial charge is 0.446 e. The van der Waals surface area contributed by atoms with Crippen LogP contribution in [0.4, 0.5) is 5.69 Å². The van der Waals surface area contributed by atoms with Crippen LogP contribution in [0, 0.1) is 6.92 Å². The summed E-state index contributed by atoms with van der Waals surface area (Å²) in [6.07, 6.45) is 0. The van der Waals surface area contributed by atoms with Crippen molar-refractivity contribution >= 4 is 31.6 Å². The van der Waals surface area contributed by atoms with Crippen molar-refractivity contribution in [2.75, 3.05) is 19.4 Å². The van der Waals surface area contributed by atoms with Gasteiger partial charge in [-0.25, -0.2) is 12.7 Å². The molecule has 1 aromatic carbocycles. The van der Waals surface area contributed by atoms with Crippen molar-refractivity contribution < 1.29 is 12.8 Å². The number of anilines is 1. The molecule has 2 rings (SSSR count). The third-order valence-corrected chi connectivity index (χ3v) is 5.55. The maximum Gasteiger partial charge on any atom is 0.275 e. The minimum Gasteiger partial charge on any atom is -0.446 e. The predicted octanol–water partition coefficient (Wildman–Crippen LogP) is 3.21. The van der Waals surface area contributed by atoms with E-state index in [0.717, 1.165) is 20.0 Å². The lowest BCUT2D eigenvalue weighted by Gasteiger charge is -2.08. The van der Waals surface area contributed by atoms with E-state index in [1.54, 1.807) is 6.07 Å². The molecule has 0 unspecified atom stereocenters. The fourth-order valence-corrected chi connectivity index (χ4v) is 2.85. The summed E-state index contributed by atoms with van der Waals surface area (Å²) < 4.78 is 31.3. The molecule has 0 fully saturated rings. The second kappa shape index (κ2) is 6.21. The first kappa shape index (κ1) is 16.1. The van der Waals surface area contributed by atoms with E-state index in [2.05, 4.69) is 21.2 Å². The Kier molecular flexibility index (Phi) is 4.75. The lowest BCUT2D eigenvalue weighted by Crippen LogP contribution is -2.21. The summed E-state index contributed by atoms with van der Waals surface area (Å²) in [4.78, 5) is 0. The van der Waals surface area contributed by atoms with Crippen LogP contribution in [0.15, 0.2) is 44.3 Å². The van der Waals surface area contributed by atoms with Crippen molar-refractivity contribution in [2.45, 2.75) is 18.6 Å². The number of nitrogens with one attached hydrogen (secondary N) is 1. The number of hydrogen-bond acceptors (Lipinski definition) is 4. The first-order chi connectivity index (χ1) is 9.80. The normalized spacial score (nSPS) is 11.9. The molecule has 0 aliphatic rings. The third kappa shape index (κ3) is 3.66. The molecule has 0 bridgehead atoms. The fourth-order valence-electron chi connectivity index (χ4n) is 1.66. The van der Waals surface area contributed by atoms with E-state index >= 15 is 0 Å². The lowest BCUT2D eigenvalue weighted by molar-refractivity contribution is 0.402. The van der Waals surface area contributed by atoms with Crippen LogP contribution in [0.3, 0.4) is 0 Å². The van der Waals surface area contributed by atoms with Gasteiger partial charge in [0, 0.05) is 24.3 Å². The van der Waals surface area contributed by atoms with Crippen LogP contribution in [0.25, 0.3) is 0 Å². The minimum atomic E-state index is -3.52. The molecule has 5 nitrogen and oxygen atoms in total. The molecule has 0 saturated heterocycles. The van der Waals surface area contributed by atoms with Gasteiger partial charge in [-0.15, -0.1) is 0 Å². The van der Waals surface area contributed by atoms with E-state index in [1.165, 1.54) is 20.2 Å². The molecule has 7 heteroatoms. The average Bonchev–Trinajstić information content (AvgIpc) is 2.89. The molecule has 0 spiro atoms. The van der Waals surface area contributed by atoms with E-state index in [0.29, 0.717) is 12.3 Å². The molecule has 0 amide bonds. The number of aryl methyl sites for hydroxylation is 1. The number of furan rings is 1. The molecule has 0 aliphatic carbocycles. The molecule has 0 saturated carbocycles. The monoisotopic (exact) mass is 372 g/mol. The summed E-state index contributed by atoms with van der Waals surface area (Å²) in [6, 6.07) is 9.05. The van der Waals surface area contributed by atoms with Crippen molar-refractivity contribution in [3.05, 3.63) is 46.1 Å². The highest BCUT2D eigenvalue weighted by atomic mass is 79.9. The second-order valence-corrected chi connectivity index (χ2v) is 7.76. The number of sulfonamides is 1. The van der Waals surface area contributed by atoms with Crippen molar-refractivity contribution in [2.24, 2.45) is 0 Å². The smallest absolute Gasteiger partial charge is 0.275 e. The molecule has 21 heavy (non-hydrogen) atoms. The molecule has 114 valence electrons. The maximum atomic E-state index is 11.9. The van der Waals surface area contributed by atoms with Crippen molar-refractivity contribution in [3.63, 3.8) is 0 Å². The van der Waals surface area contributed by atoms with Crippen LogP contribution in [0.2, 0.25) is 0 Å². The first-order valence-corrected chi connectivity index (χ1v) is 8.55. The lowest BCUT2D eigenvalue weighted by atomic mass is 10.2. The van der Waals surface area contributed by atoms with Gasteiger partial charge < -0.3 is 9.73 Å². The maximum absolute atomic E-state index is 11.9. The molecule has 0 atom stereocenters. The Morgan fingerprint density at radius 3 is 2.57 bits per heavy atom. The molecule has 1 heterocycles. The quantitative estimate of drug-likeness (QED) is 0.874. The van der Waals surface area contributed by atoms with Gasteiger partial charge in [-0.2, -0.15) is 0 Å². The molecular formula is C14H17BrN2O3S. The van der Waals surface area contributed by atoms with E-state index in [1.807, 2.05) is 25.1 Å². The molecule has 1 N–H and O–H groups in total. The Morgan fingerprint density at radius 1 is 1.24 bits per heavy atom. The Morgan fingerprint density at radius 2 is 1.95 bits per heavy atom. The van der Waals surface area contributed by atoms with Gasteiger partial charge in [-0.1, -0.05) is 22.0 Å². The SMILES string of the molecule is Cc1ccc(NCc2ccc(S(=O)(=O)N(C)C)o2)cc1Br. The third-order valence-electron chi connectivity index (χ3n) is 3.01. The van der Waals surface area contributed by atoms with Gasteiger partial charge >= 0.3 is 0 Å². The van der Waals surface area contributed by atoms with Crippen molar-refractivity contribution in [3.8, 4) is 0 Å². The average molecular weight is 373 g/mol. The number of nitrogens with zero attached hydrogens (tertiary/aromatic N) is 1. The Labute approximate surface area is 133 Å². The van der Waals surface area contributed by atoms with Gasteiger partial charge in [0.2, 0.25) is 5.09 Å². The number of benzene rings is 1. The summed E-state index contributed by atoms with van der Waals surface area (Å²) in [5.74, 6) is 0.562. The van der Waals surface area contributed by atoms with Crippen LogP contribution in [0.1, 0.15) is 11.3 Å². The highest BCUT2D eigenvalue weighted by Gasteiger charge is 2.21. The van der Waals surface area contributed by atoms with Gasteiger partial charge in [0.15, 0.2) is 0 Å². The van der Waals surface area contributed by atoms with E-state index in [9.17, 15) is 8.42 Å². The van der Waals surface area contributed by atoms with Gasteiger partial charge in [0.05, 0.1) is 6.54 Å². The highest BCUT2D eigenvalue weighted by Crippen LogP contribution is 2.22. The molecular weight excluding hydrogens is 356 g/mol. The van der Waals surface area contributed by atoms with E-state index in [4.69, 9.17) is 4.42 Å². The fraction of sp³-hybridized carbons (Fsp3) is 0.286. The van der Waals surface area contributed by atoms with Gasteiger partial charge in [-0.05, 0) is 36.8 Å². The summed E-state index contributed by atoms with van der Waals surface area (Å²) in [7, 11) is -0.576. The molecule has 0 aliphatic heterocycles. The zero-order valence-electron chi connectivity index (χ0n) is 12.1. The van der Waals surface area contributed by atoms with Crippen LogP contribution >= 0.6 is 15.9 Å². The second-order valence-electron chi connectivity index (χ2n) is 4.83. The standard InChI is InChI=1S/C14H17BrN2O3S/c1-10-4-5-11(8-13(10)15)16-9-12-6-7-14(20-12)21(18,19)17(2)3/h4-8,16H,9H2,1-3H3. The summed E-state index contributed by atoms with van der Waals surface area (Å²) >= 11 is 3.47. The number of halogens is 1. The molecule has 1 aromatic heterocycles. The van der Waals surface area contributed by atoms with Crippen LogP contribution in [-0.2, 0) is 16.6 Å². The van der Waals surface area contributed by atoms with Crippen molar-refractivity contribution in [1.82, 2.24) is 4.31 Å². The Balaban J connectivity index is 2.08. The van der Waals surface area contributed by atoms with E-state index < -0.39 is 10.0 Å². The minimum absolute atomic E-state index is 0.0469. The predicted molar refractivity (Wildman–Crippen MR) is 85.8 cm³/mol. The topological polar surface area (TPSA) is 62.6 Å². The highest BCUT2D eigenvalue weighted by molar-refractivity contribution is 9.10. The number of hydrogen-bond donors (Lipinski definition) is 1. The summed E-state index contributed by atoms with van der Waals surface area (Å²) in [5, 5.41) is 3.14. The van der Waals surface area contributed by atoms with Crippen LogP contribution in [0.5, 0.6) is 0 Å². The zero-order valence-corrected chi connectivity index (χ0v) is 14.5. The van der Waals surface area contributed by atoms with Gasteiger partial charge in [0.1, 0.15) is 5.76 Å². The van der Waals surface area contributed by atoms with Crippen molar-refractivity contribution in [1.29, 1.82) is 0 Å². The summed E-state index contributed by atoms with van der Waals surface area (Å²) in [5.41, 5.74) is 2.08.